The second kappa shape index (κ2) is 7.13. The number of nitriles is 1. The van der Waals surface area contributed by atoms with Crippen molar-refractivity contribution in [1.82, 2.24) is 0 Å². The lowest BCUT2D eigenvalue weighted by Crippen LogP contribution is -2.12. The molecule has 0 aliphatic heterocycles. The van der Waals surface area contributed by atoms with Gasteiger partial charge in [0, 0.05) is 5.02 Å². The van der Waals surface area contributed by atoms with Crippen LogP contribution in [0.2, 0.25) is 5.02 Å². The minimum absolute atomic E-state index is 0.0943. The Morgan fingerprint density at radius 3 is 2.39 bits per heavy atom. The Morgan fingerprint density at radius 2 is 1.87 bits per heavy atom. The van der Waals surface area contributed by atoms with Gasteiger partial charge in [-0.25, -0.2) is 0 Å². The van der Waals surface area contributed by atoms with Gasteiger partial charge in [0.1, 0.15) is 11.6 Å². The maximum Gasteiger partial charge on any atom is 0.259 e. The van der Waals surface area contributed by atoms with Crippen LogP contribution in [0.3, 0.4) is 0 Å². The molecule has 0 aromatic heterocycles. The first-order valence-electron chi connectivity index (χ1n) is 7.16. The van der Waals surface area contributed by atoms with Gasteiger partial charge in [0.15, 0.2) is 0 Å². The van der Waals surface area contributed by atoms with Crippen LogP contribution in [0.25, 0.3) is 6.08 Å². The third kappa shape index (κ3) is 4.45. The number of halogens is 1. The molecule has 2 aromatic carbocycles. The van der Waals surface area contributed by atoms with Gasteiger partial charge in [0.05, 0.1) is 0 Å². The molecule has 4 heteroatoms. The van der Waals surface area contributed by atoms with Crippen molar-refractivity contribution in [3.8, 4) is 6.07 Å². The highest BCUT2D eigenvalue weighted by Gasteiger charge is 2.07. The molecule has 0 atom stereocenters. The molecule has 0 unspecified atom stereocenters. The second-order valence-electron chi connectivity index (χ2n) is 5.56. The Bertz CT molecular complexity index is 811. The van der Waals surface area contributed by atoms with E-state index in [9.17, 15) is 4.79 Å². The summed E-state index contributed by atoms with van der Waals surface area (Å²) >= 11 is 6.34. The van der Waals surface area contributed by atoms with E-state index in [1.54, 1.807) is 12.1 Å². The van der Waals surface area contributed by atoms with Crippen LogP contribution >= 0.6 is 11.6 Å². The predicted octanol–water partition coefficient (Wildman–Crippen LogP) is 3.94. The van der Waals surface area contributed by atoms with E-state index in [0.29, 0.717) is 10.6 Å². The quantitative estimate of drug-likeness (QED) is 0.683. The van der Waals surface area contributed by atoms with Crippen molar-refractivity contribution in [2.24, 2.45) is 5.73 Å². The standard InChI is InChI=1S/C19H17ClN2O/c1-12-5-13(2)7-15(6-12)9-16-4-3-14(10-18(16)20)8-17(11-21)19(22)23/h3-8,10H,9H2,1-2H3,(H2,22,23)/b17-8+. The zero-order valence-electron chi connectivity index (χ0n) is 13.1. The van der Waals surface area contributed by atoms with Crippen LogP contribution in [0, 0.1) is 25.2 Å². The lowest BCUT2D eigenvalue weighted by molar-refractivity contribution is -0.114. The smallest absolute Gasteiger partial charge is 0.259 e. The van der Waals surface area contributed by atoms with Gasteiger partial charge in [-0.05, 0) is 49.1 Å². The first-order chi connectivity index (χ1) is 10.9. The van der Waals surface area contributed by atoms with Crippen LogP contribution in [0.4, 0.5) is 0 Å². The number of nitrogens with two attached hydrogens (primary N) is 1. The van der Waals surface area contributed by atoms with Gasteiger partial charge in [0.2, 0.25) is 0 Å². The van der Waals surface area contributed by atoms with E-state index in [4.69, 9.17) is 22.6 Å². The number of hydrogen-bond donors (Lipinski definition) is 1. The maximum absolute atomic E-state index is 11.1. The molecular weight excluding hydrogens is 308 g/mol. The largest absolute Gasteiger partial charge is 0.365 e. The van der Waals surface area contributed by atoms with Crippen molar-refractivity contribution in [3.63, 3.8) is 0 Å². The van der Waals surface area contributed by atoms with E-state index in [-0.39, 0.29) is 5.57 Å². The lowest BCUT2D eigenvalue weighted by Gasteiger charge is -2.08. The van der Waals surface area contributed by atoms with Crippen LogP contribution in [0.1, 0.15) is 27.8 Å². The number of nitrogens with zero attached hydrogens (tertiary/aromatic N) is 1. The van der Waals surface area contributed by atoms with Gasteiger partial charge in [-0.3, -0.25) is 4.79 Å². The van der Waals surface area contributed by atoms with E-state index in [0.717, 1.165) is 12.0 Å². The first kappa shape index (κ1) is 16.8. The van der Waals surface area contributed by atoms with Crippen molar-refractivity contribution in [2.45, 2.75) is 20.3 Å². The van der Waals surface area contributed by atoms with Gasteiger partial charge in [-0.1, -0.05) is 53.1 Å². The van der Waals surface area contributed by atoms with Gasteiger partial charge >= 0.3 is 0 Å². The Hall–Kier alpha value is -2.57. The molecule has 1 amide bonds. The number of carbonyl (C=O) groups excluding carboxylic acids is 1. The van der Waals surface area contributed by atoms with E-state index in [1.807, 2.05) is 12.1 Å². The molecule has 0 saturated heterocycles. The summed E-state index contributed by atoms with van der Waals surface area (Å²) in [7, 11) is 0. The number of rotatable bonds is 4. The molecule has 0 spiro atoms. The van der Waals surface area contributed by atoms with E-state index in [1.165, 1.54) is 22.8 Å². The van der Waals surface area contributed by atoms with E-state index in [2.05, 4.69) is 32.0 Å². The Kier molecular flexibility index (Phi) is 5.20. The molecule has 23 heavy (non-hydrogen) atoms. The van der Waals surface area contributed by atoms with Crippen molar-refractivity contribution in [1.29, 1.82) is 5.26 Å². The molecule has 0 aliphatic rings. The molecule has 0 radical (unpaired) electrons. The molecule has 2 rings (SSSR count). The van der Waals surface area contributed by atoms with Crippen LogP contribution in [0.5, 0.6) is 0 Å². The Morgan fingerprint density at radius 1 is 1.22 bits per heavy atom. The van der Waals surface area contributed by atoms with Crippen LogP contribution in [-0.4, -0.2) is 5.91 Å². The third-order valence-electron chi connectivity index (χ3n) is 3.45. The number of carbonyl (C=O) groups is 1. The summed E-state index contributed by atoms with van der Waals surface area (Å²) in [5, 5.41) is 9.47. The van der Waals surface area contributed by atoms with Crippen molar-refractivity contribution in [3.05, 3.63) is 74.8 Å². The number of benzene rings is 2. The van der Waals surface area contributed by atoms with E-state index < -0.39 is 5.91 Å². The first-order valence-corrected chi connectivity index (χ1v) is 7.54. The molecule has 0 saturated carbocycles. The number of hydrogen-bond acceptors (Lipinski definition) is 2. The van der Waals surface area contributed by atoms with Crippen LogP contribution in [0.15, 0.2) is 42.0 Å². The molecule has 0 fully saturated rings. The highest BCUT2D eigenvalue weighted by molar-refractivity contribution is 6.31. The Labute approximate surface area is 141 Å². The summed E-state index contributed by atoms with van der Waals surface area (Å²) in [6, 6.07) is 13.6. The molecule has 0 aliphatic carbocycles. The molecule has 116 valence electrons. The minimum atomic E-state index is -0.747. The highest BCUT2D eigenvalue weighted by Crippen LogP contribution is 2.23. The minimum Gasteiger partial charge on any atom is -0.365 e. The summed E-state index contributed by atoms with van der Waals surface area (Å²) in [5.41, 5.74) is 10.3. The summed E-state index contributed by atoms with van der Waals surface area (Å²) in [6.07, 6.45) is 2.17. The molecule has 0 bridgehead atoms. The van der Waals surface area contributed by atoms with Gasteiger partial charge in [-0.15, -0.1) is 0 Å². The van der Waals surface area contributed by atoms with Gasteiger partial charge in [0.25, 0.3) is 5.91 Å². The van der Waals surface area contributed by atoms with Gasteiger partial charge in [-0.2, -0.15) is 5.26 Å². The fraction of sp³-hybridized carbons (Fsp3) is 0.158. The van der Waals surface area contributed by atoms with Crippen LogP contribution < -0.4 is 5.73 Å². The maximum atomic E-state index is 11.1. The monoisotopic (exact) mass is 324 g/mol. The third-order valence-corrected chi connectivity index (χ3v) is 3.80. The van der Waals surface area contributed by atoms with E-state index >= 15 is 0 Å². The average molecular weight is 325 g/mol. The van der Waals surface area contributed by atoms with Gasteiger partial charge < -0.3 is 5.73 Å². The second-order valence-corrected chi connectivity index (χ2v) is 5.96. The fourth-order valence-corrected chi connectivity index (χ4v) is 2.77. The average Bonchev–Trinajstić information content (AvgIpc) is 2.46. The SMILES string of the molecule is Cc1cc(C)cc(Cc2ccc(/C=C(\C#N)C(N)=O)cc2Cl)c1. The zero-order valence-corrected chi connectivity index (χ0v) is 13.8. The molecule has 2 N–H and O–H groups in total. The number of primary amides is 1. The van der Waals surface area contributed by atoms with Crippen molar-refractivity contribution in [2.75, 3.05) is 0 Å². The van der Waals surface area contributed by atoms with Crippen molar-refractivity contribution >= 4 is 23.6 Å². The summed E-state index contributed by atoms with van der Waals surface area (Å²) in [4.78, 5) is 11.1. The number of amides is 1. The normalized spacial score (nSPS) is 11.1. The molecule has 0 heterocycles. The van der Waals surface area contributed by atoms with Crippen molar-refractivity contribution < 1.29 is 4.79 Å². The highest BCUT2D eigenvalue weighted by atomic mass is 35.5. The topological polar surface area (TPSA) is 66.9 Å². The Balaban J connectivity index is 2.30. The molecular formula is C19H17ClN2O. The lowest BCUT2D eigenvalue weighted by atomic mass is 9.99. The molecule has 3 nitrogen and oxygen atoms in total. The molecule has 2 aromatic rings. The summed E-state index contributed by atoms with van der Waals surface area (Å²) < 4.78 is 0. The summed E-state index contributed by atoms with van der Waals surface area (Å²) in [6.45, 7) is 4.14. The number of aryl methyl sites for hydroxylation is 2. The summed E-state index contributed by atoms with van der Waals surface area (Å²) in [5.74, 6) is -0.747. The zero-order chi connectivity index (χ0) is 17.0. The predicted molar refractivity (Wildman–Crippen MR) is 93.0 cm³/mol. The van der Waals surface area contributed by atoms with Crippen LogP contribution in [-0.2, 0) is 11.2 Å². The fourth-order valence-electron chi connectivity index (χ4n) is 2.51.